The number of hydrogen-bond acceptors (Lipinski definition) is 6. The van der Waals surface area contributed by atoms with Gasteiger partial charge in [0.05, 0.1) is 25.0 Å². The van der Waals surface area contributed by atoms with Crippen LogP contribution < -0.4 is 15.2 Å². The molecule has 2 aromatic carbocycles. The number of halogens is 2. The summed E-state index contributed by atoms with van der Waals surface area (Å²) >= 11 is 0. The van der Waals surface area contributed by atoms with Gasteiger partial charge in [-0.1, -0.05) is 51.1 Å². The first-order valence-corrected chi connectivity index (χ1v) is 14.8. The van der Waals surface area contributed by atoms with Crippen molar-refractivity contribution >= 4 is 11.7 Å². The number of benzene rings is 2. The molecule has 2 aliphatic rings. The molecule has 0 N–H and O–H groups in total. The number of rotatable bonds is 9. The van der Waals surface area contributed by atoms with E-state index < -0.39 is 18.1 Å². The summed E-state index contributed by atoms with van der Waals surface area (Å²) in [5, 5.41) is 0. The number of esters is 1. The van der Waals surface area contributed by atoms with Crippen molar-refractivity contribution < 1.29 is 27.8 Å². The molecule has 7 nitrogen and oxygen atoms in total. The lowest BCUT2D eigenvalue weighted by atomic mass is 9.67. The first kappa shape index (κ1) is 30.7. The largest absolute Gasteiger partial charge is 0.465 e. The third-order valence-electron chi connectivity index (χ3n) is 8.64. The van der Waals surface area contributed by atoms with Crippen molar-refractivity contribution in [1.82, 2.24) is 4.57 Å². The van der Waals surface area contributed by atoms with Gasteiger partial charge < -0.3 is 23.7 Å². The van der Waals surface area contributed by atoms with Gasteiger partial charge in [0.15, 0.2) is 0 Å². The number of pyridine rings is 1. The summed E-state index contributed by atoms with van der Waals surface area (Å²) in [6.45, 7) is 5.58. The Morgan fingerprint density at radius 1 is 1.09 bits per heavy atom. The molecule has 5 rings (SSSR count). The summed E-state index contributed by atoms with van der Waals surface area (Å²) < 4.78 is 45.0. The summed E-state index contributed by atoms with van der Waals surface area (Å²) in [5.41, 5.74) is 5.03. The third-order valence-corrected chi connectivity index (χ3v) is 8.64. The van der Waals surface area contributed by atoms with Crippen molar-refractivity contribution in [1.29, 1.82) is 0 Å². The van der Waals surface area contributed by atoms with E-state index in [0.29, 0.717) is 42.9 Å². The smallest absolute Gasteiger partial charge is 0.387 e. The first-order valence-electron chi connectivity index (χ1n) is 14.8. The Kier molecular flexibility index (Phi) is 8.92. The minimum atomic E-state index is -3.01. The number of fused-ring (bicyclic) bond motifs is 5. The van der Waals surface area contributed by atoms with Crippen LogP contribution in [0, 0.1) is 5.41 Å². The minimum Gasteiger partial charge on any atom is -0.465 e. The van der Waals surface area contributed by atoms with Crippen LogP contribution in [0.3, 0.4) is 0 Å². The summed E-state index contributed by atoms with van der Waals surface area (Å²) in [5.74, 6) is -0.653. The topological polar surface area (TPSA) is 70.0 Å². The van der Waals surface area contributed by atoms with Crippen molar-refractivity contribution in [2.24, 2.45) is 5.41 Å². The zero-order chi connectivity index (χ0) is 30.9. The molecule has 9 heteroatoms. The second-order valence-electron chi connectivity index (χ2n) is 12.4. The number of nitrogens with zero attached hydrogens (tertiary/aromatic N) is 2. The van der Waals surface area contributed by atoms with Gasteiger partial charge in [-0.3, -0.25) is 4.79 Å². The number of carbonyl (C=O) groups is 1. The Bertz CT molecular complexity index is 1550. The molecule has 0 saturated carbocycles. The molecule has 43 heavy (non-hydrogen) atoms. The van der Waals surface area contributed by atoms with Gasteiger partial charge >= 0.3 is 12.6 Å². The molecule has 1 unspecified atom stereocenters. The number of alkyl halides is 2. The Balaban J connectivity index is 1.84. The van der Waals surface area contributed by atoms with Gasteiger partial charge in [-0.05, 0) is 71.4 Å². The van der Waals surface area contributed by atoms with Gasteiger partial charge in [0.2, 0.25) is 0 Å². The predicted octanol–water partition coefficient (Wildman–Crippen LogP) is 6.43. The van der Waals surface area contributed by atoms with Crippen molar-refractivity contribution in [2.75, 3.05) is 38.8 Å². The highest BCUT2D eigenvalue weighted by molar-refractivity contribution is 5.91. The number of aromatic nitrogens is 1. The van der Waals surface area contributed by atoms with Crippen molar-refractivity contribution in [3.8, 4) is 17.0 Å². The molecule has 1 aromatic heterocycles. The van der Waals surface area contributed by atoms with Gasteiger partial charge in [0.25, 0.3) is 5.56 Å². The fraction of sp³-hybridized carbons (Fsp3) is 0.471. The molecular formula is C34H40F2N2O5. The van der Waals surface area contributed by atoms with E-state index >= 15 is 0 Å². The van der Waals surface area contributed by atoms with Crippen molar-refractivity contribution in [2.45, 2.75) is 65.5 Å². The molecule has 2 heterocycles. The maximum atomic E-state index is 14.1. The van der Waals surface area contributed by atoms with Crippen LogP contribution in [0.15, 0.2) is 47.3 Å². The average Bonchev–Trinajstić information content (AvgIpc) is 2.97. The number of carbonyl (C=O) groups excluding carboxylic acids is 1. The quantitative estimate of drug-likeness (QED) is 0.210. The van der Waals surface area contributed by atoms with Crippen molar-refractivity contribution in [3.05, 3.63) is 80.6 Å². The highest BCUT2D eigenvalue weighted by Crippen LogP contribution is 2.52. The molecule has 0 saturated heterocycles. The van der Waals surface area contributed by atoms with Crippen LogP contribution >= 0.6 is 0 Å². The van der Waals surface area contributed by atoms with E-state index in [0.717, 1.165) is 41.6 Å². The SMILES string of the molecule is COCCCN1CCCc2c3c(cc(OC(F)F)c21)-c1c(cc(C(=O)OC)c(=O)n1Cc1ccccc1)C(C(C)(C)C)C3. The summed E-state index contributed by atoms with van der Waals surface area (Å²) in [7, 11) is 2.91. The van der Waals surface area contributed by atoms with Gasteiger partial charge in [-0.15, -0.1) is 0 Å². The minimum absolute atomic E-state index is 0.0405. The van der Waals surface area contributed by atoms with Gasteiger partial charge in [0, 0.05) is 32.4 Å². The molecule has 1 aliphatic carbocycles. The normalized spacial score (nSPS) is 16.0. The monoisotopic (exact) mass is 594 g/mol. The van der Waals surface area contributed by atoms with Crippen LogP contribution in [-0.2, 0) is 28.9 Å². The number of methoxy groups -OCH3 is 2. The van der Waals surface area contributed by atoms with E-state index in [1.165, 1.54) is 7.11 Å². The zero-order valence-electron chi connectivity index (χ0n) is 25.5. The second kappa shape index (κ2) is 12.5. The molecule has 0 bridgehead atoms. The second-order valence-corrected chi connectivity index (χ2v) is 12.4. The molecular weight excluding hydrogens is 554 g/mol. The predicted molar refractivity (Wildman–Crippen MR) is 163 cm³/mol. The van der Waals surface area contributed by atoms with Crippen molar-refractivity contribution in [3.63, 3.8) is 0 Å². The average molecular weight is 595 g/mol. The lowest BCUT2D eigenvalue weighted by Crippen LogP contribution is -2.36. The Labute approximate surface area is 251 Å². The summed E-state index contributed by atoms with van der Waals surface area (Å²) in [4.78, 5) is 29.1. The molecule has 0 spiro atoms. The molecule has 230 valence electrons. The Morgan fingerprint density at radius 3 is 2.49 bits per heavy atom. The van der Waals surface area contributed by atoms with Gasteiger partial charge in [0.1, 0.15) is 11.3 Å². The van der Waals surface area contributed by atoms with Crippen LogP contribution in [0.25, 0.3) is 11.3 Å². The maximum Gasteiger partial charge on any atom is 0.387 e. The highest BCUT2D eigenvalue weighted by Gasteiger charge is 2.39. The van der Waals surface area contributed by atoms with E-state index in [9.17, 15) is 18.4 Å². The van der Waals surface area contributed by atoms with E-state index in [1.54, 1.807) is 23.8 Å². The lowest BCUT2D eigenvalue weighted by molar-refractivity contribution is -0.0495. The third kappa shape index (κ3) is 6.05. The number of hydrogen-bond donors (Lipinski definition) is 0. The van der Waals surface area contributed by atoms with Crippen LogP contribution in [-0.4, -0.2) is 51.1 Å². The highest BCUT2D eigenvalue weighted by atomic mass is 19.3. The molecule has 0 amide bonds. The number of ether oxygens (including phenoxy) is 3. The molecule has 3 aromatic rings. The van der Waals surface area contributed by atoms with Crippen LogP contribution in [0.2, 0.25) is 0 Å². The maximum absolute atomic E-state index is 14.1. The van der Waals surface area contributed by atoms with Crippen LogP contribution in [0.1, 0.15) is 72.1 Å². The van der Waals surface area contributed by atoms with E-state index in [2.05, 4.69) is 25.7 Å². The number of anilines is 1. The Hall–Kier alpha value is -3.72. The van der Waals surface area contributed by atoms with E-state index in [4.69, 9.17) is 14.2 Å². The fourth-order valence-electron chi connectivity index (χ4n) is 6.68. The lowest BCUT2D eigenvalue weighted by Gasteiger charge is -2.41. The van der Waals surface area contributed by atoms with Crippen LogP contribution in [0.5, 0.6) is 5.75 Å². The fourth-order valence-corrected chi connectivity index (χ4v) is 6.68. The van der Waals surface area contributed by atoms with Crippen LogP contribution in [0.4, 0.5) is 14.5 Å². The van der Waals surface area contributed by atoms with E-state index in [1.807, 2.05) is 30.3 Å². The van der Waals surface area contributed by atoms with E-state index in [-0.39, 0.29) is 29.2 Å². The molecule has 1 aliphatic heterocycles. The first-order chi connectivity index (χ1) is 20.5. The molecule has 0 fully saturated rings. The molecule has 0 radical (unpaired) electrons. The summed E-state index contributed by atoms with van der Waals surface area (Å²) in [6, 6.07) is 12.9. The summed E-state index contributed by atoms with van der Waals surface area (Å²) in [6.07, 6.45) is 2.98. The van der Waals surface area contributed by atoms with Gasteiger partial charge in [-0.2, -0.15) is 8.78 Å². The van der Waals surface area contributed by atoms with Gasteiger partial charge in [-0.25, -0.2) is 4.79 Å². The molecule has 1 atom stereocenters. The zero-order valence-corrected chi connectivity index (χ0v) is 25.5. The standard InChI is InChI=1S/C34H40F2N2O5/c1-34(2,3)27-18-23-22-13-9-14-37(15-10-16-41-4)30(22)28(43-33(35)36)19-24(23)29-25(27)17-26(32(40)42-5)31(39)38(29)20-21-11-7-6-8-12-21/h6-8,11-12,17,19,27,33H,9-10,13-16,18,20H2,1-5H3. The Morgan fingerprint density at radius 2 is 1.84 bits per heavy atom.